The summed E-state index contributed by atoms with van der Waals surface area (Å²) in [5.41, 5.74) is -0.111. The van der Waals surface area contributed by atoms with Gasteiger partial charge in [0, 0.05) is 24.3 Å². The highest BCUT2D eigenvalue weighted by molar-refractivity contribution is 5.92. The zero-order valence-corrected chi connectivity index (χ0v) is 9.36. The Labute approximate surface area is 102 Å². The lowest BCUT2D eigenvalue weighted by atomic mass is 10.3. The van der Waals surface area contributed by atoms with Gasteiger partial charge in [-0.05, 0) is 12.1 Å². The molecule has 7 nitrogen and oxygen atoms in total. The minimum atomic E-state index is -0.783. The summed E-state index contributed by atoms with van der Waals surface area (Å²) in [6.45, 7) is 0. The molecule has 0 amide bonds. The van der Waals surface area contributed by atoms with Gasteiger partial charge in [0.2, 0.25) is 0 Å². The van der Waals surface area contributed by atoms with Gasteiger partial charge in [-0.25, -0.2) is 9.59 Å². The molecular weight excluding hydrogens is 242 g/mol. The van der Waals surface area contributed by atoms with E-state index >= 15 is 0 Å². The third-order valence-corrected chi connectivity index (χ3v) is 1.82. The highest BCUT2D eigenvalue weighted by atomic mass is 16.6. The number of carbonyl (C=O) groups is 2. The summed E-state index contributed by atoms with van der Waals surface area (Å²) in [6.07, 6.45) is 1.81. The minimum absolute atomic E-state index is 0.111. The van der Waals surface area contributed by atoms with Crippen LogP contribution in [0.5, 0.6) is 5.75 Å². The molecule has 0 atom stereocenters. The van der Waals surface area contributed by atoms with Crippen molar-refractivity contribution in [1.82, 2.24) is 0 Å². The van der Waals surface area contributed by atoms with Crippen molar-refractivity contribution >= 4 is 17.6 Å². The van der Waals surface area contributed by atoms with Crippen molar-refractivity contribution in [3.63, 3.8) is 0 Å². The van der Waals surface area contributed by atoms with Crippen LogP contribution < -0.4 is 4.74 Å². The number of rotatable bonds is 4. The number of ether oxygens (including phenoxy) is 2. The molecule has 0 radical (unpaired) electrons. The molecule has 1 aromatic carbocycles. The van der Waals surface area contributed by atoms with Crippen molar-refractivity contribution in [3.8, 4) is 5.75 Å². The smallest absolute Gasteiger partial charge is 0.336 e. The topological polar surface area (TPSA) is 95.7 Å². The predicted molar refractivity (Wildman–Crippen MR) is 59.9 cm³/mol. The highest BCUT2D eigenvalue weighted by Gasteiger charge is 2.06. The molecule has 1 aromatic rings. The molecule has 0 heterocycles. The Hall–Kier alpha value is -2.70. The molecule has 0 aliphatic carbocycles. The number of esters is 2. The summed E-state index contributed by atoms with van der Waals surface area (Å²) >= 11 is 0. The van der Waals surface area contributed by atoms with E-state index in [9.17, 15) is 19.7 Å². The fraction of sp³-hybridized carbons (Fsp3) is 0.0909. The normalized spacial score (nSPS) is 10.1. The number of carbonyl (C=O) groups excluding carboxylic acids is 2. The molecule has 18 heavy (non-hydrogen) atoms. The van der Waals surface area contributed by atoms with Crippen LogP contribution in [-0.2, 0) is 14.3 Å². The van der Waals surface area contributed by atoms with Crippen LogP contribution in [0.15, 0.2) is 36.4 Å². The number of nitrogens with zero attached hydrogens (tertiary/aromatic N) is 1. The van der Waals surface area contributed by atoms with Gasteiger partial charge in [-0.2, -0.15) is 0 Å². The summed E-state index contributed by atoms with van der Waals surface area (Å²) in [7, 11) is 1.17. The maximum Gasteiger partial charge on any atom is 0.336 e. The fourth-order valence-corrected chi connectivity index (χ4v) is 0.990. The van der Waals surface area contributed by atoms with Gasteiger partial charge in [-0.1, -0.05) is 0 Å². The van der Waals surface area contributed by atoms with E-state index < -0.39 is 16.9 Å². The molecule has 0 N–H and O–H groups in total. The highest BCUT2D eigenvalue weighted by Crippen LogP contribution is 2.17. The van der Waals surface area contributed by atoms with Gasteiger partial charge >= 0.3 is 11.9 Å². The number of nitro benzene ring substituents is 1. The third kappa shape index (κ3) is 4.05. The monoisotopic (exact) mass is 251 g/mol. The van der Waals surface area contributed by atoms with Crippen LogP contribution in [0.4, 0.5) is 5.69 Å². The largest absolute Gasteiger partial charge is 0.466 e. The second-order valence-corrected chi connectivity index (χ2v) is 3.03. The Morgan fingerprint density at radius 2 is 1.72 bits per heavy atom. The summed E-state index contributed by atoms with van der Waals surface area (Å²) < 4.78 is 9.07. The number of methoxy groups -OCH3 is 1. The van der Waals surface area contributed by atoms with E-state index in [1.807, 2.05) is 0 Å². The molecule has 0 bridgehead atoms. The van der Waals surface area contributed by atoms with Crippen molar-refractivity contribution in [2.45, 2.75) is 0 Å². The number of hydrogen-bond acceptors (Lipinski definition) is 6. The van der Waals surface area contributed by atoms with Crippen LogP contribution in [0.2, 0.25) is 0 Å². The molecule has 0 unspecified atom stereocenters. The number of benzene rings is 1. The lowest BCUT2D eigenvalue weighted by Gasteiger charge is -2.00. The first-order valence-electron chi connectivity index (χ1n) is 4.75. The minimum Gasteiger partial charge on any atom is -0.466 e. The first-order chi connectivity index (χ1) is 8.52. The zero-order chi connectivity index (χ0) is 13.5. The average Bonchev–Trinajstić information content (AvgIpc) is 2.36. The Morgan fingerprint density at radius 1 is 1.17 bits per heavy atom. The van der Waals surface area contributed by atoms with E-state index in [4.69, 9.17) is 4.74 Å². The molecule has 0 aliphatic heterocycles. The number of nitro groups is 1. The molecule has 0 saturated carbocycles. The Bertz CT molecular complexity index is 491. The van der Waals surface area contributed by atoms with Crippen LogP contribution in [0.25, 0.3) is 0 Å². The van der Waals surface area contributed by atoms with Crippen molar-refractivity contribution in [2.75, 3.05) is 7.11 Å². The van der Waals surface area contributed by atoms with Gasteiger partial charge in [0.25, 0.3) is 5.69 Å². The second-order valence-electron chi connectivity index (χ2n) is 3.03. The standard InChI is InChI=1S/C11H9NO6/c1-17-10(13)6-7-11(14)18-9-4-2-8(3-5-9)12(15)16/h2-7H,1H3/b7-6+. The quantitative estimate of drug-likeness (QED) is 0.262. The molecular formula is C11H9NO6. The van der Waals surface area contributed by atoms with E-state index in [-0.39, 0.29) is 11.4 Å². The van der Waals surface area contributed by atoms with Gasteiger partial charge in [0.15, 0.2) is 0 Å². The Kier molecular flexibility index (Phi) is 4.56. The fourth-order valence-electron chi connectivity index (χ4n) is 0.990. The van der Waals surface area contributed by atoms with E-state index in [2.05, 4.69) is 4.74 Å². The summed E-state index contributed by atoms with van der Waals surface area (Å²) in [5.74, 6) is -1.33. The lowest BCUT2D eigenvalue weighted by molar-refractivity contribution is -0.384. The van der Waals surface area contributed by atoms with Crippen LogP contribution in [0, 0.1) is 10.1 Å². The number of hydrogen-bond donors (Lipinski definition) is 0. The molecule has 1 rings (SSSR count). The van der Waals surface area contributed by atoms with Crippen LogP contribution in [-0.4, -0.2) is 24.0 Å². The van der Waals surface area contributed by atoms with Gasteiger partial charge < -0.3 is 9.47 Å². The average molecular weight is 251 g/mol. The molecule has 0 aromatic heterocycles. The second kappa shape index (κ2) is 6.14. The third-order valence-electron chi connectivity index (χ3n) is 1.82. The molecule has 0 spiro atoms. The van der Waals surface area contributed by atoms with Crippen molar-refractivity contribution in [1.29, 1.82) is 0 Å². The first kappa shape index (κ1) is 13.4. The van der Waals surface area contributed by atoms with E-state index in [1.165, 1.54) is 31.4 Å². The zero-order valence-electron chi connectivity index (χ0n) is 9.36. The molecule has 0 aliphatic rings. The summed E-state index contributed by atoms with van der Waals surface area (Å²) in [5, 5.41) is 10.4. The van der Waals surface area contributed by atoms with E-state index in [0.717, 1.165) is 12.2 Å². The molecule has 94 valence electrons. The lowest BCUT2D eigenvalue weighted by Crippen LogP contribution is -2.05. The van der Waals surface area contributed by atoms with E-state index in [1.54, 1.807) is 0 Å². The van der Waals surface area contributed by atoms with Gasteiger partial charge in [-0.3, -0.25) is 10.1 Å². The summed E-state index contributed by atoms with van der Waals surface area (Å²) in [6, 6.07) is 4.96. The predicted octanol–water partition coefficient (Wildman–Crippen LogP) is 1.23. The Balaban J connectivity index is 2.62. The van der Waals surface area contributed by atoms with Crippen molar-refractivity contribution in [2.24, 2.45) is 0 Å². The van der Waals surface area contributed by atoms with E-state index in [0.29, 0.717) is 0 Å². The SMILES string of the molecule is COC(=O)/C=C/C(=O)Oc1ccc([N+](=O)[O-])cc1. The van der Waals surface area contributed by atoms with Gasteiger partial charge in [0.1, 0.15) is 5.75 Å². The number of non-ortho nitro benzene ring substituents is 1. The molecule has 7 heteroatoms. The van der Waals surface area contributed by atoms with Crippen LogP contribution >= 0.6 is 0 Å². The Morgan fingerprint density at radius 3 is 2.22 bits per heavy atom. The van der Waals surface area contributed by atoms with Gasteiger partial charge in [0.05, 0.1) is 12.0 Å². The van der Waals surface area contributed by atoms with Crippen LogP contribution in [0.1, 0.15) is 0 Å². The molecule has 0 saturated heterocycles. The van der Waals surface area contributed by atoms with Crippen molar-refractivity contribution < 1.29 is 24.0 Å². The molecule has 0 fully saturated rings. The first-order valence-corrected chi connectivity index (χ1v) is 4.75. The van der Waals surface area contributed by atoms with Crippen LogP contribution in [0.3, 0.4) is 0 Å². The van der Waals surface area contributed by atoms with Crippen molar-refractivity contribution in [3.05, 3.63) is 46.5 Å². The summed E-state index contributed by atoms with van der Waals surface area (Å²) in [4.78, 5) is 31.7. The maximum atomic E-state index is 11.2. The van der Waals surface area contributed by atoms with Gasteiger partial charge in [-0.15, -0.1) is 0 Å². The maximum absolute atomic E-state index is 11.2.